The molecule has 1 aromatic rings. The van der Waals surface area contributed by atoms with Crippen LogP contribution in [0.5, 0.6) is 0 Å². The number of anilines is 1. The largest absolute Gasteiger partial charge is 0.392 e. The number of nitrogens with zero attached hydrogens (tertiary/aromatic N) is 2. The number of pyridine rings is 1. The molecule has 90 valence electrons. The van der Waals surface area contributed by atoms with E-state index < -0.39 is 5.82 Å². The fraction of sp³-hybridized carbons (Fsp3) is 0.583. The first-order valence-corrected chi connectivity index (χ1v) is 5.45. The van der Waals surface area contributed by atoms with Gasteiger partial charge in [-0.15, -0.1) is 0 Å². The highest BCUT2D eigenvalue weighted by atomic mass is 19.1. The molecule has 4 heteroatoms. The first-order chi connectivity index (χ1) is 7.47. The number of aliphatic hydroxyl groups excluding tert-OH is 1. The molecule has 16 heavy (non-hydrogen) atoms. The number of halogens is 1. The number of rotatable bonds is 4. The highest BCUT2D eigenvalue weighted by molar-refractivity contribution is 5.46. The van der Waals surface area contributed by atoms with Crippen LogP contribution in [0.15, 0.2) is 12.3 Å². The van der Waals surface area contributed by atoms with Crippen LogP contribution in [0.25, 0.3) is 0 Å². The zero-order chi connectivity index (χ0) is 12.3. The van der Waals surface area contributed by atoms with E-state index in [1.165, 1.54) is 12.3 Å². The Balaban J connectivity index is 3.03. The van der Waals surface area contributed by atoms with Gasteiger partial charge in [-0.05, 0) is 18.9 Å². The predicted octanol–water partition coefficient (Wildman–Crippen LogP) is 2.19. The van der Waals surface area contributed by atoms with E-state index in [1.54, 1.807) is 0 Å². The van der Waals surface area contributed by atoms with Gasteiger partial charge in [0, 0.05) is 18.7 Å². The Bertz CT molecular complexity index is 355. The molecule has 0 radical (unpaired) electrons. The van der Waals surface area contributed by atoms with Gasteiger partial charge in [-0.3, -0.25) is 0 Å². The summed E-state index contributed by atoms with van der Waals surface area (Å²) < 4.78 is 13.0. The molecule has 1 rings (SSSR count). The first-order valence-electron chi connectivity index (χ1n) is 5.45. The number of hydrogen-bond acceptors (Lipinski definition) is 3. The SMILES string of the molecule is CC(C)C(C)N(C)c1ncc(F)cc1CO. The topological polar surface area (TPSA) is 36.4 Å². The van der Waals surface area contributed by atoms with Crippen LogP contribution < -0.4 is 4.90 Å². The third-order valence-electron chi connectivity index (χ3n) is 2.99. The molecule has 1 heterocycles. The summed E-state index contributed by atoms with van der Waals surface area (Å²) in [4.78, 5) is 6.01. The lowest BCUT2D eigenvalue weighted by Crippen LogP contribution is -2.34. The average Bonchev–Trinajstić information content (AvgIpc) is 2.26. The van der Waals surface area contributed by atoms with E-state index in [0.717, 1.165) is 0 Å². The van der Waals surface area contributed by atoms with Gasteiger partial charge in [0.1, 0.15) is 11.6 Å². The highest BCUT2D eigenvalue weighted by Crippen LogP contribution is 2.21. The van der Waals surface area contributed by atoms with Gasteiger partial charge in [0.15, 0.2) is 0 Å². The van der Waals surface area contributed by atoms with Gasteiger partial charge < -0.3 is 10.0 Å². The van der Waals surface area contributed by atoms with Gasteiger partial charge in [0.25, 0.3) is 0 Å². The fourth-order valence-electron chi connectivity index (χ4n) is 1.55. The quantitative estimate of drug-likeness (QED) is 0.855. The summed E-state index contributed by atoms with van der Waals surface area (Å²) in [5.41, 5.74) is 0.523. The lowest BCUT2D eigenvalue weighted by atomic mass is 10.0. The van der Waals surface area contributed by atoms with Crippen molar-refractivity contribution in [3.63, 3.8) is 0 Å². The maximum Gasteiger partial charge on any atom is 0.142 e. The van der Waals surface area contributed by atoms with Crippen molar-refractivity contribution in [3.8, 4) is 0 Å². The van der Waals surface area contributed by atoms with Crippen LogP contribution in [-0.2, 0) is 6.61 Å². The molecule has 0 fully saturated rings. The summed E-state index contributed by atoms with van der Waals surface area (Å²) in [6, 6.07) is 1.61. The van der Waals surface area contributed by atoms with Crippen LogP contribution in [-0.4, -0.2) is 23.2 Å². The van der Waals surface area contributed by atoms with E-state index in [-0.39, 0.29) is 12.6 Å². The fourth-order valence-corrected chi connectivity index (χ4v) is 1.55. The lowest BCUT2D eigenvalue weighted by Gasteiger charge is -2.30. The monoisotopic (exact) mass is 226 g/mol. The van der Waals surface area contributed by atoms with E-state index in [4.69, 9.17) is 0 Å². The standard InChI is InChI=1S/C12H19FN2O/c1-8(2)9(3)15(4)12-10(7-16)5-11(13)6-14-12/h5-6,8-9,16H,7H2,1-4H3. The summed E-state index contributed by atoms with van der Waals surface area (Å²) in [6.45, 7) is 6.11. The van der Waals surface area contributed by atoms with Crippen LogP contribution in [0, 0.1) is 11.7 Å². The van der Waals surface area contributed by atoms with Crippen LogP contribution in [0.4, 0.5) is 10.2 Å². The van der Waals surface area contributed by atoms with Gasteiger partial charge in [0.05, 0.1) is 12.8 Å². The number of hydrogen-bond donors (Lipinski definition) is 1. The summed E-state index contributed by atoms with van der Waals surface area (Å²) in [5, 5.41) is 9.18. The van der Waals surface area contributed by atoms with Gasteiger partial charge >= 0.3 is 0 Å². The third-order valence-corrected chi connectivity index (χ3v) is 2.99. The van der Waals surface area contributed by atoms with Gasteiger partial charge in [-0.25, -0.2) is 9.37 Å². The summed E-state index contributed by atoms with van der Waals surface area (Å²) in [7, 11) is 1.91. The first kappa shape index (κ1) is 12.9. The molecule has 0 aliphatic rings. The molecule has 0 saturated heterocycles. The molecule has 0 aromatic carbocycles. The normalized spacial score (nSPS) is 12.9. The summed E-state index contributed by atoms with van der Waals surface area (Å²) in [6.07, 6.45) is 1.18. The molecule has 1 atom stereocenters. The maximum atomic E-state index is 13.0. The Morgan fingerprint density at radius 2 is 2.06 bits per heavy atom. The van der Waals surface area contributed by atoms with Crippen LogP contribution >= 0.6 is 0 Å². The molecule has 1 aromatic heterocycles. The minimum absolute atomic E-state index is 0.199. The van der Waals surface area contributed by atoms with E-state index in [0.29, 0.717) is 17.3 Å². The van der Waals surface area contributed by atoms with Crippen molar-refractivity contribution in [3.05, 3.63) is 23.6 Å². The molecule has 0 saturated carbocycles. The Kier molecular flexibility index (Phi) is 4.24. The van der Waals surface area contributed by atoms with Crippen LogP contribution in [0.2, 0.25) is 0 Å². The molecule has 0 spiro atoms. The van der Waals surface area contributed by atoms with Gasteiger partial charge in [-0.1, -0.05) is 13.8 Å². The van der Waals surface area contributed by atoms with E-state index in [2.05, 4.69) is 25.8 Å². The van der Waals surface area contributed by atoms with Crippen molar-refractivity contribution >= 4 is 5.82 Å². The molecule has 1 unspecified atom stereocenters. The second-order valence-electron chi connectivity index (χ2n) is 4.39. The summed E-state index contributed by atoms with van der Waals surface area (Å²) >= 11 is 0. The third kappa shape index (κ3) is 2.70. The minimum Gasteiger partial charge on any atom is -0.392 e. The minimum atomic E-state index is -0.418. The Labute approximate surface area is 95.9 Å². The Morgan fingerprint density at radius 1 is 1.44 bits per heavy atom. The molecule has 0 aliphatic heterocycles. The van der Waals surface area contributed by atoms with Crippen molar-refractivity contribution in [2.45, 2.75) is 33.4 Å². The van der Waals surface area contributed by atoms with Crippen molar-refractivity contribution in [2.75, 3.05) is 11.9 Å². The van der Waals surface area contributed by atoms with Crippen molar-refractivity contribution < 1.29 is 9.50 Å². The molecular formula is C12H19FN2O. The van der Waals surface area contributed by atoms with Crippen molar-refractivity contribution in [1.82, 2.24) is 4.98 Å². The molecule has 0 aliphatic carbocycles. The molecule has 0 bridgehead atoms. The highest BCUT2D eigenvalue weighted by Gasteiger charge is 2.17. The average molecular weight is 226 g/mol. The van der Waals surface area contributed by atoms with Crippen LogP contribution in [0.1, 0.15) is 26.3 Å². The van der Waals surface area contributed by atoms with Crippen molar-refractivity contribution in [2.24, 2.45) is 5.92 Å². The van der Waals surface area contributed by atoms with Crippen LogP contribution in [0.3, 0.4) is 0 Å². The van der Waals surface area contributed by atoms with Gasteiger partial charge in [-0.2, -0.15) is 0 Å². The second kappa shape index (κ2) is 5.25. The molecule has 1 N–H and O–H groups in total. The number of aromatic nitrogens is 1. The van der Waals surface area contributed by atoms with E-state index in [9.17, 15) is 9.50 Å². The van der Waals surface area contributed by atoms with E-state index >= 15 is 0 Å². The molecular weight excluding hydrogens is 207 g/mol. The Hall–Kier alpha value is -1.16. The zero-order valence-electron chi connectivity index (χ0n) is 10.2. The summed E-state index contributed by atoms with van der Waals surface area (Å²) in [5.74, 6) is 0.687. The molecule has 0 amide bonds. The number of aliphatic hydroxyl groups is 1. The Morgan fingerprint density at radius 3 is 2.56 bits per heavy atom. The van der Waals surface area contributed by atoms with Crippen molar-refractivity contribution in [1.29, 1.82) is 0 Å². The zero-order valence-corrected chi connectivity index (χ0v) is 10.2. The predicted molar refractivity (Wildman–Crippen MR) is 62.8 cm³/mol. The molecule has 3 nitrogen and oxygen atoms in total. The second-order valence-corrected chi connectivity index (χ2v) is 4.39. The smallest absolute Gasteiger partial charge is 0.142 e. The lowest BCUT2D eigenvalue weighted by molar-refractivity contribution is 0.280. The maximum absolute atomic E-state index is 13.0. The van der Waals surface area contributed by atoms with E-state index in [1.807, 2.05) is 11.9 Å². The van der Waals surface area contributed by atoms with Gasteiger partial charge in [0.2, 0.25) is 0 Å².